The van der Waals surface area contributed by atoms with Crippen molar-refractivity contribution in [1.82, 2.24) is 19.7 Å². The minimum absolute atomic E-state index is 0.0000883. The second-order valence-electron chi connectivity index (χ2n) is 5.23. The molecule has 0 bridgehead atoms. The van der Waals surface area contributed by atoms with Crippen molar-refractivity contribution in [3.63, 3.8) is 0 Å². The molecule has 2 heterocycles. The fourth-order valence-electron chi connectivity index (χ4n) is 2.20. The molecule has 0 radical (unpaired) electrons. The zero-order chi connectivity index (χ0) is 17.5. The summed E-state index contributed by atoms with van der Waals surface area (Å²) in [6.07, 6.45) is 1.21. The smallest absolute Gasteiger partial charge is 0.305 e. The number of ether oxygens (including phenoxy) is 1. The lowest BCUT2D eigenvalue weighted by Gasteiger charge is -2.17. The van der Waals surface area contributed by atoms with Crippen LogP contribution in [0, 0.1) is 4.77 Å². The molecule has 130 valence electrons. The van der Waals surface area contributed by atoms with Gasteiger partial charge in [-0.1, -0.05) is 6.07 Å². The van der Waals surface area contributed by atoms with Gasteiger partial charge in [0.1, 0.15) is 0 Å². The normalized spacial score (nSPS) is 10.6. The summed E-state index contributed by atoms with van der Waals surface area (Å²) in [4.78, 5) is 25.9. The molecule has 0 atom stereocenters. The summed E-state index contributed by atoms with van der Waals surface area (Å²) in [6, 6.07) is 3.91. The van der Waals surface area contributed by atoms with Gasteiger partial charge in [0.05, 0.1) is 12.0 Å². The zero-order valence-electron chi connectivity index (χ0n) is 13.7. The van der Waals surface area contributed by atoms with Crippen molar-refractivity contribution in [2.24, 2.45) is 0 Å². The molecular formula is C15H20N4O3S2. The molecule has 1 amide bonds. The number of nitrogens with zero attached hydrogens (tertiary/aromatic N) is 3. The van der Waals surface area contributed by atoms with Crippen molar-refractivity contribution in [3.8, 4) is 10.7 Å². The van der Waals surface area contributed by atoms with E-state index in [1.807, 2.05) is 22.1 Å². The van der Waals surface area contributed by atoms with Crippen molar-refractivity contribution >= 4 is 35.4 Å². The van der Waals surface area contributed by atoms with Gasteiger partial charge in [-0.3, -0.25) is 19.3 Å². The number of hydrogen-bond acceptors (Lipinski definition) is 6. The van der Waals surface area contributed by atoms with Crippen LogP contribution in [0.15, 0.2) is 17.5 Å². The van der Waals surface area contributed by atoms with E-state index in [0.717, 1.165) is 10.7 Å². The third kappa shape index (κ3) is 4.75. The van der Waals surface area contributed by atoms with Crippen LogP contribution in [0.2, 0.25) is 0 Å². The van der Waals surface area contributed by atoms with E-state index < -0.39 is 0 Å². The first-order valence-corrected chi connectivity index (χ1v) is 8.81. The predicted octanol–water partition coefficient (Wildman–Crippen LogP) is 2.47. The van der Waals surface area contributed by atoms with Crippen molar-refractivity contribution in [3.05, 3.63) is 22.3 Å². The number of aromatic amines is 1. The van der Waals surface area contributed by atoms with E-state index in [9.17, 15) is 9.59 Å². The standard InChI is InChI=1S/C15H20N4O3S2/c1-18(8-3-6-13(21)22-2)12(20)7-9-19-14(16-17-15(19)23)11-5-4-10-24-11/h4-5,10H,3,6-9H2,1-2H3,(H,17,23). The van der Waals surface area contributed by atoms with Gasteiger partial charge in [-0.25, -0.2) is 0 Å². The first-order valence-electron chi connectivity index (χ1n) is 7.52. The zero-order valence-corrected chi connectivity index (χ0v) is 15.3. The summed E-state index contributed by atoms with van der Waals surface area (Å²) in [7, 11) is 3.09. The van der Waals surface area contributed by atoms with Crippen LogP contribution in [0.1, 0.15) is 19.3 Å². The van der Waals surface area contributed by atoms with Crippen LogP contribution in [0.3, 0.4) is 0 Å². The minimum Gasteiger partial charge on any atom is -0.469 e. The molecule has 2 aromatic rings. The molecule has 0 unspecified atom stereocenters. The maximum absolute atomic E-state index is 12.2. The molecule has 2 aromatic heterocycles. The molecule has 0 fully saturated rings. The lowest BCUT2D eigenvalue weighted by molar-refractivity contribution is -0.141. The lowest BCUT2D eigenvalue weighted by atomic mass is 10.3. The average molecular weight is 368 g/mol. The fourth-order valence-corrected chi connectivity index (χ4v) is 3.15. The molecule has 24 heavy (non-hydrogen) atoms. The van der Waals surface area contributed by atoms with Gasteiger partial charge in [0.15, 0.2) is 10.6 Å². The summed E-state index contributed by atoms with van der Waals surface area (Å²) < 4.78 is 6.92. The summed E-state index contributed by atoms with van der Waals surface area (Å²) in [6.45, 7) is 0.977. The van der Waals surface area contributed by atoms with Crippen LogP contribution in [-0.2, 0) is 20.9 Å². The number of carbonyl (C=O) groups is 2. The van der Waals surface area contributed by atoms with Gasteiger partial charge in [0.25, 0.3) is 0 Å². The number of aromatic nitrogens is 3. The Morgan fingerprint density at radius 2 is 2.25 bits per heavy atom. The van der Waals surface area contributed by atoms with E-state index in [2.05, 4.69) is 14.9 Å². The largest absolute Gasteiger partial charge is 0.469 e. The summed E-state index contributed by atoms with van der Waals surface area (Å²) in [5.74, 6) is 0.484. The molecule has 0 aliphatic rings. The Bertz CT molecular complexity index is 736. The highest BCUT2D eigenvalue weighted by Gasteiger charge is 2.14. The second-order valence-corrected chi connectivity index (χ2v) is 6.56. The van der Waals surface area contributed by atoms with Gasteiger partial charge in [0.2, 0.25) is 5.91 Å². The van der Waals surface area contributed by atoms with Crippen LogP contribution in [-0.4, -0.2) is 52.2 Å². The molecule has 7 nitrogen and oxygen atoms in total. The topological polar surface area (TPSA) is 80.2 Å². The first kappa shape index (κ1) is 18.3. The Labute approximate surface area is 149 Å². The quantitative estimate of drug-likeness (QED) is 0.572. The SMILES string of the molecule is COC(=O)CCCN(C)C(=O)CCn1c(-c2cccs2)n[nH]c1=S. The van der Waals surface area contributed by atoms with Gasteiger partial charge >= 0.3 is 5.97 Å². The highest BCUT2D eigenvalue weighted by molar-refractivity contribution is 7.71. The van der Waals surface area contributed by atoms with E-state index in [-0.39, 0.29) is 11.9 Å². The Morgan fingerprint density at radius 1 is 1.46 bits per heavy atom. The Kier molecular flexibility index (Phi) is 6.68. The van der Waals surface area contributed by atoms with E-state index in [0.29, 0.717) is 37.1 Å². The number of nitrogens with one attached hydrogen (secondary N) is 1. The molecule has 0 saturated carbocycles. The van der Waals surface area contributed by atoms with Crippen molar-refractivity contribution in [1.29, 1.82) is 0 Å². The average Bonchev–Trinajstić information content (AvgIpc) is 3.21. The van der Waals surface area contributed by atoms with Gasteiger partial charge in [-0.05, 0) is 30.1 Å². The van der Waals surface area contributed by atoms with Gasteiger partial charge in [0, 0.05) is 33.0 Å². The molecule has 2 rings (SSSR count). The molecule has 0 aliphatic carbocycles. The maximum atomic E-state index is 12.2. The number of esters is 1. The number of H-pyrrole nitrogens is 1. The van der Waals surface area contributed by atoms with Gasteiger partial charge in [-0.2, -0.15) is 5.10 Å². The fraction of sp³-hybridized carbons (Fsp3) is 0.467. The molecule has 9 heteroatoms. The number of methoxy groups -OCH3 is 1. The van der Waals surface area contributed by atoms with Crippen LogP contribution >= 0.6 is 23.6 Å². The number of thiophene rings is 1. The highest BCUT2D eigenvalue weighted by Crippen LogP contribution is 2.22. The van der Waals surface area contributed by atoms with Crippen LogP contribution < -0.4 is 0 Å². The Balaban J connectivity index is 1.89. The van der Waals surface area contributed by atoms with Crippen LogP contribution in [0.25, 0.3) is 10.7 Å². The lowest BCUT2D eigenvalue weighted by Crippen LogP contribution is -2.29. The van der Waals surface area contributed by atoms with Crippen LogP contribution in [0.5, 0.6) is 0 Å². The molecule has 1 N–H and O–H groups in total. The Hall–Kier alpha value is -2.00. The van der Waals surface area contributed by atoms with Gasteiger partial charge < -0.3 is 9.64 Å². The first-order chi connectivity index (χ1) is 11.5. The molecule has 0 spiro atoms. The van der Waals surface area contributed by atoms with E-state index >= 15 is 0 Å². The van der Waals surface area contributed by atoms with Crippen molar-refractivity contribution in [2.75, 3.05) is 20.7 Å². The molecule has 0 aliphatic heterocycles. The molecule has 0 saturated heterocycles. The van der Waals surface area contributed by atoms with Crippen LogP contribution in [0.4, 0.5) is 0 Å². The van der Waals surface area contributed by atoms with E-state index in [1.54, 1.807) is 23.3 Å². The number of hydrogen-bond donors (Lipinski definition) is 1. The number of rotatable bonds is 8. The van der Waals surface area contributed by atoms with Crippen molar-refractivity contribution in [2.45, 2.75) is 25.8 Å². The summed E-state index contributed by atoms with van der Waals surface area (Å²) in [5.41, 5.74) is 0. The summed E-state index contributed by atoms with van der Waals surface area (Å²) >= 11 is 6.82. The molecular weight excluding hydrogens is 348 g/mol. The maximum Gasteiger partial charge on any atom is 0.305 e. The van der Waals surface area contributed by atoms with Crippen molar-refractivity contribution < 1.29 is 14.3 Å². The van der Waals surface area contributed by atoms with Gasteiger partial charge in [-0.15, -0.1) is 11.3 Å². The number of carbonyl (C=O) groups excluding carboxylic acids is 2. The third-order valence-electron chi connectivity index (χ3n) is 3.58. The third-order valence-corrected chi connectivity index (χ3v) is 4.75. The minimum atomic E-state index is -0.263. The van der Waals surface area contributed by atoms with E-state index in [4.69, 9.17) is 12.2 Å². The number of amides is 1. The monoisotopic (exact) mass is 368 g/mol. The van der Waals surface area contributed by atoms with E-state index in [1.165, 1.54) is 7.11 Å². The second kappa shape index (κ2) is 8.74. The highest BCUT2D eigenvalue weighted by atomic mass is 32.1. The predicted molar refractivity (Wildman–Crippen MR) is 94.2 cm³/mol. The summed E-state index contributed by atoms with van der Waals surface area (Å²) in [5, 5.41) is 8.99. The Morgan fingerprint density at radius 3 is 2.92 bits per heavy atom. The molecule has 0 aromatic carbocycles.